The first-order chi connectivity index (χ1) is 11.8. The Labute approximate surface area is 148 Å². The number of nitrogens with one attached hydrogen (secondary N) is 4. The highest BCUT2D eigenvalue weighted by molar-refractivity contribution is 5.93. The van der Waals surface area contributed by atoms with Crippen molar-refractivity contribution in [2.75, 3.05) is 38.0 Å². The molecule has 0 saturated carbocycles. The molecule has 25 heavy (non-hydrogen) atoms. The third kappa shape index (κ3) is 6.10. The molecule has 1 aliphatic rings. The molecule has 0 unspecified atom stereocenters. The van der Waals surface area contributed by atoms with Crippen LogP contribution in [-0.2, 0) is 9.59 Å². The highest BCUT2D eigenvalue weighted by Gasteiger charge is 2.31. The Morgan fingerprint density at radius 3 is 2.24 bits per heavy atom. The van der Waals surface area contributed by atoms with Gasteiger partial charge in [0.1, 0.15) is 32.0 Å². The smallest absolute Gasteiger partial charge is 0.282 e. The van der Waals surface area contributed by atoms with Crippen molar-refractivity contribution in [3.05, 3.63) is 30.1 Å². The van der Waals surface area contributed by atoms with Crippen molar-refractivity contribution in [3.63, 3.8) is 0 Å². The lowest BCUT2D eigenvalue weighted by Gasteiger charge is -2.32. The second-order valence-electron chi connectivity index (χ2n) is 7.03. The highest BCUT2D eigenvalue weighted by Crippen LogP contribution is 2.08. The van der Waals surface area contributed by atoms with Gasteiger partial charge in [0.25, 0.3) is 11.8 Å². The number of benzene rings is 1. The fourth-order valence-electron chi connectivity index (χ4n) is 3.10. The van der Waals surface area contributed by atoms with Crippen LogP contribution in [0.1, 0.15) is 20.8 Å². The van der Waals surface area contributed by atoms with E-state index in [4.69, 9.17) is 0 Å². The molecule has 2 amide bonds. The molecule has 0 aliphatic carbocycles. The summed E-state index contributed by atoms with van der Waals surface area (Å²) in [6.45, 7) is 9.74. The Morgan fingerprint density at radius 2 is 1.68 bits per heavy atom. The van der Waals surface area contributed by atoms with E-state index in [2.05, 4.69) is 10.6 Å². The van der Waals surface area contributed by atoms with Gasteiger partial charge in [-0.15, -0.1) is 0 Å². The van der Waals surface area contributed by atoms with E-state index < -0.39 is 0 Å². The average molecular weight is 352 g/mol. The number of amides is 2. The topological polar surface area (TPSA) is 67.1 Å². The van der Waals surface area contributed by atoms with Crippen LogP contribution in [0.4, 0.5) is 10.1 Å². The molecule has 0 aromatic heterocycles. The van der Waals surface area contributed by atoms with Crippen LogP contribution < -0.4 is 20.4 Å². The number of rotatable bonds is 6. The van der Waals surface area contributed by atoms with E-state index in [1.165, 1.54) is 21.9 Å². The molecule has 1 aromatic rings. The Kier molecular flexibility index (Phi) is 6.90. The van der Waals surface area contributed by atoms with Gasteiger partial charge in [-0.2, -0.15) is 0 Å². The van der Waals surface area contributed by atoms with Gasteiger partial charge in [0, 0.05) is 11.7 Å². The van der Waals surface area contributed by atoms with Crippen LogP contribution in [0.25, 0.3) is 0 Å². The normalized spacial score (nSPS) is 21.6. The van der Waals surface area contributed by atoms with Gasteiger partial charge in [-0.3, -0.25) is 9.59 Å². The van der Waals surface area contributed by atoms with E-state index in [0.29, 0.717) is 12.2 Å². The average Bonchev–Trinajstić information content (AvgIpc) is 2.56. The molecule has 1 heterocycles. The summed E-state index contributed by atoms with van der Waals surface area (Å²) < 4.78 is 12.9. The van der Waals surface area contributed by atoms with Crippen molar-refractivity contribution >= 4 is 17.5 Å². The molecule has 138 valence electrons. The number of carbonyl (C=O) groups is 2. The number of quaternary nitrogens is 2. The van der Waals surface area contributed by atoms with Gasteiger partial charge in [0.05, 0.1) is 0 Å². The lowest BCUT2D eigenvalue weighted by Crippen LogP contribution is -3.30. The largest absolute Gasteiger partial charge is 0.349 e. The van der Waals surface area contributed by atoms with Crippen LogP contribution >= 0.6 is 0 Å². The fourth-order valence-corrected chi connectivity index (χ4v) is 3.10. The molecule has 4 N–H and O–H groups in total. The molecule has 7 heteroatoms. The van der Waals surface area contributed by atoms with Gasteiger partial charge in [-0.05, 0) is 45.0 Å². The molecule has 1 aliphatic heterocycles. The van der Waals surface area contributed by atoms with E-state index in [1.807, 2.05) is 20.8 Å². The van der Waals surface area contributed by atoms with Crippen molar-refractivity contribution in [1.82, 2.24) is 5.32 Å². The zero-order valence-electron chi connectivity index (χ0n) is 15.2. The second-order valence-corrected chi connectivity index (χ2v) is 7.03. The number of piperazine rings is 1. The minimum Gasteiger partial charge on any atom is -0.349 e. The maximum atomic E-state index is 12.9. The first-order valence-electron chi connectivity index (χ1n) is 8.89. The fraction of sp³-hybridized carbons (Fsp3) is 0.556. The van der Waals surface area contributed by atoms with Crippen molar-refractivity contribution < 1.29 is 23.8 Å². The summed E-state index contributed by atoms with van der Waals surface area (Å²) >= 11 is 0. The highest BCUT2D eigenvalue weighted by atomic mass is 19.1. The quantitative estimate of drug-likeness (QED) is 0.501. The van der Waals surface area contributed by atoms with Gasteiger partial charge in [0.2, 0.25) is 0 Å². The van der Waals surface area contributed by atoms with E-state index in [9.17, 15) is 14.0 Å². The molecule has 2 rings (SSSR count). The summed E-state index contributed by atoms with van der Waals surface area (Å²) in [5.41, 5.74) is 0.604. The SMILES string of the molecule is CC(C)NC(=O)C[NH+]1CC[NH+]([C@H](C)C(=O)Nc2ccc(F)cc2)CC1. The number of halogens is 1. The molecule has 1 saturated heterocycles. The number of hydrogen-bond acceptors (Lipinski definition) is 2. The van der Waals surface area contributed by atoms with Crippen molar-refractivity contribution in [1.29, 1.82) is 0 Å². The molecule has 1 atom stereocenters. The summed E-state index contributed by atoms with van der Waals surface area (Å²) in [6, 6.07) is 5.76. The Morgan fingerprint density at radius 1 is 1.08 bits per heavy atom. The molecule has 1 aromatic carbocycles. The van der Waals surface area contributed by atoms with E-state index in [-0.39, 0.29) is 29.7 Å². The van der Waals surface area contributed by atoms with Gasteiger partial charge in [-0.1, -0.05) is 0 Å². The molecule has 0 spiro atoms. The predicted molar refractivity (Wildman–Crippen MR) is 94.0 cm³/mol. The van der Waals surface area contributed by atoms with Crippen molar-refractivity contribution in [3.8, 4) is 0 Å². The van der Waals surface area contributed by atoms with Crippen LogP contribution in [0.2, 0.25) is 0 Å². The Hall–Kier alpha value is -1.99. The number of anilines is 1. The van der Waals surface area contributed by atoms with Gasteiger partial charge in [-0.25, -0.2) is 4.39 Å². The maximum absolute atomic E-state index is 12.9. The summed E-state index contributed by atoms with van der Waals surface area (Å²) in [4.78, 5) is 26.7. The third-order valence-corrected chi connectivity index (χ3v) is 4.58. The first-order valence-corrected chi connectivity index (χ1v) is 8.89. The first kappa shape index (κ1) is 19.3. The van der Waals surface area contributed by atoms with Gasteiger partial charge < -0.3 is 20.4 Å². The summed E-state index contributed by atoms with van der Waals surface area (Å²) in [5.74, 6) is -0.310. The Bertz CT molecular complexity index is 583. The predicted octanol–water partition coefficient (Wildman–Crippen LogP) is -1.54. The van der Waals surface area contributed by atoms with E-state index >= 15 is 0 Å². The standard InChI is InChI=1S/C18H27FN4O2/c1-13(2)20-17(24)12-22-8-10-23(11-9-22)14(3)18(25)21-16-6-4-15(19)5-7-16/h4-7,13-14H,8-12H2,1-3H3,(H,20,24)(H,21,25)/p+2/t14-/m1/s1. The molecule has 1 fully saturated rings. The Balaban J connectivity index is 1.78. The number of hydrogen-bond donors (Lipinski definition) is 4. The lowest BCUT2D eigenvalue weighted by atomic mass is 10.2. The maximum Gasteiger partial charge on any atom is 0.282 e. The lowest BCUT2D eigenvalue weighted by molar-refractivity contribution is -1.01. The van der Waals surface area contributed by atoms with Gasteiger partial charge >= 0.3 is 0 Å². The monoisotopic (exact) mass is 352 g/mol. The summed E-state index contributed by atoms with van der Waals surface area (Å²) in [6.07, 6.45) is 0. The molecule has 0 radical (unpaired) electrons. The molecular formula is C18H29FN4O2+2. The van der Waals surface area contributed by atoms with Crippen molar-refractivity contribution in [2.45, 2.75) is 32.9 Å². The summed E-state index contributed by atoms with van der Waals surface area (Å²) in [7, 11) is 0. The molecular weight excluding hydrogens is 323 g/mol. The van der Waals surface area contributed by atoms with Crippen LogP contribution in [0.5, 0.6) is 0 Å². The minimum absolute atomic E-state index is 0.0670. The molecule has 6 nitrogen and oxygen atoms in total. The third-order valence-electron chi connectivity index (χ3n) is 4.58. The number of carbonyl (C=O) groups excluding carboxylic acids is 2. The van der Waals surface area contributed by atoms with Crippen LogP contribution in [0, 0.1) is 5.82 Å². The zero-order chi connectivity index (χ0) is 18.4. The van der Waals surface area contributed by atoms with Crippen LogP contribution in [0.3, 0.4) is 0 Å². The van der Waals surface area contributed by atoms with Crippen LogP contribution in [0.15, 0.2) is 24.3 Å². The molecule has 0 bridgehead atoms. The van der Waals surface area contributed by atoms with Crippen LogP contribution in [-0.4, -0.2) is 56.6 Å². The van der Waals surface area contributed by atoms with E-state index in [1.54, 1.807) is 12.1 Å². The van der Waals surface area contributed by atoms with E-state index in [0.717, 1.165) is 26.2 Å². The van der Waals surface area contributed by atoms with Crippen molar-refractivity contribution in [2.24, 2.45) is 0 Å². The van der Waals surface area contributed by atoms with Gasteiger partial charge in [0.15, 0.2) is 12.6 Å². The zero-order valence-corrected chi connectivity index (χ0v) is 15.2. The summed E-state index contributed by atoms with van der Waals surface area (Å²) in [5, 5.41) is 5.75. The second kappa shape index (κ2) is 8.92. The minimum atomic E-state index is -0.322.